The number of pyridine rings is 1. The van der Waals surface area contributed by atoms with Crippen LogP contribution < -0.4 is 5.32 Å². The first kappa shape index (κ1) is 24.3. The van der Waals surface area contributed by atoms with Gasteiger partial charge in [-0.15, -0.1) is 11.3 Å². The van der Waals surface area contributed by atoms with Crippen LogP contribution in [0, 0.1) is 6.92 Å². The van der Waals surface area contributed by atoms with Gasteiger partial charge >= 0.3 is 17.9 Å². The summed E-state index contributed by atoms with van der Waals surface area (Å²) in [6, 6.07) is 7.35. The number of rotatable bonds is 6. The molecule has 10 heteroatoms. The van der Waals surface area contributed by atoms with Gasteiger partial charge in [-0.1, -0.05) is 18.2 Å². The Labute approximate surface area is 205 Å². The van der Waals surface area contributed by atoms with Gasteiger partial charge in [0.1, 0.15) is 9.88 Å². The number of nitrogens with zero attached hydrogens (tertiary/aromatic N) is 1. The van der Waals surface area contributed by atoms with Crippen LogP contribution >= 0.6 is 11.3 Å². The third-order valence-electron chi connectivity index (χ3n) is 5.87. The number of nitrogens with one attached hydrogen (secondary N) is 1. The standard InChI is InChI=1S/C25H24N2O7S/c1-13-19(23(29)32-2)22(35-21(13)25(31)33-3)27-18(28)12-34-24(30)20-14-8-4-6-10-16(14)26-17-11-7-5-9-15(17)20/h4,6,8,10H,5,7,9,11-12H2,1-3H3,(H,27,28). The highest BCUT2D eigenvalue weighted by Gasteiger charge is 2.28. The zero-order chi connectivity index (χ0) is 25.1. The van der Waals surface area contributed by atoms with Gasteiger partial charge in [-0.25, -0.2) is 14.4 Å². The van der Waals surface area contributed by atoms with Crippen molar-refractivity contribution in [1.29, 1.82) is 0 Å². The summed E-state index contributed by atoms with van der Waals surface area (Å²) in [5.41, 5.74) is 3.27. The number of hydrogen-bond acceptors (Lipinski definition) is 9. The van der Waals surface area contributed by atoms with Gasteiger partial charge in [0.2, 0.25) is 0 Å². The van der Waals surface area contributed by atoms with Gasteiger partial charge in [-0.2, -0.15) is 0 Å². The molecular weight excluding hydrogens is 472 g/mol. The fourth-order valence-electron chi connectivity index (χ4n) is 4.21. The summed E-state index contributed by atoms with van der Waals surface area (Å²) in [6.45, 7) is 0.984. The molecule has 0 saturated carbocycles. The minimum Gasteiger partial charge on any atom is -0.465 e. The zero-order valence-electron chi connectivity index (χ0n) is 19.6. The lowest BCUT2D eigenvalue weighted by Gasteiger charge is -2.19. The average molecular weight is 497 g/mol. The first-order valence-corrected chi connectivity index (χ1v) is 11.8. The van der Waals surface area contributed by atoms with Crippen LogP contribution in [0.5, 0.6) is 0 Å². The number of carbonyl (C=O) groups excluding carboxylic acids is 4. The molecule has 0 fully saturated rings. The maximum Gasteiger partial charge on any atom is 0.348 e. The van der Waals surface area contributed by atoms with Crippen LogP contribution in [0.25, 0.3) is 10.9 Å². The van der Waals surface area contributed by atoms with Crippen LogP contribution in [-0.2, 0) is 31.8 Å². The normalized spacial score (nSPS) is 12.5. The molecule has 0 aliphatic heterocycles. The van der Waals surface area contributed by atoms with Crippen LogP contribution in [0.1, 0.15) is 60.1 Å². The van der Waals surface area contributed by atoms with Crippen LogP contribution in [0.3, 0.4) is 0 Å². The van der Waals surface area contributed by atoms with E-state index < -0.39 is 30.4 Å². The number of ether oxygens (including phenoxy) is 3. The number of para-hydroxylation sites is 1. The minimum absolute atomic E-state index is 0.0479. The molecule has 0 radical (unpaired) electrons. The third-order valence-corrected chi connectivity index (χ3v) is 7.06. The minimum atomic E-state index is -0.712. The Balaban J connectivity index is 1.56. The van der Waals surface area contributed by atoms with Crippen molar-refractivity contribution in [2.24, 2.45) is 0 Å². The summed E-state index contributed by atoms with van der Waals surface area (Å²) in [6.07, 6.45) is 3.46. The number of anilines is 1. The molecule has 1 aliphatic carbocycles. The van der Waals surface area contributed by atoms with E-state index in [9.17, 15) is 19.2 Å². The molecule has 3 aromatic rings. The second-order valence-electron chi connectivity index (χ2n) is 8.00. The van der Waals surface area contributed by atoms with Crippen molar-refractivity contribution >= 4 is 51.1 Å². The molecule has 0 spiro atoms. The Bertz CT molecular complexity index is 1350. The predicted molar refractivity (Wildman–Crippen MR) is 129 cm³/mol. The number of aryl methyl sites for hydroxylation is 1. The third kappa shape index (κ3) is 4.74. The summed E-state index contributed by atoms with van der Waals surface area (Å²) in [7, 11) is 2.42. The van der Waals surface area contributed by atoms with Crippen LogP contribution in [0.4, 0.5) is 5.00 Å². The van der Waals surface area contributed by atoms with Gasteiger partial charge in [-0.3, -0.25) is 9.78 Å². The molecule has 2 aromatic heterocycles. The number of benzene rings is 1. The molecule has 1 amide bonds. The number of esters is 3. The summed E-state index contributed by atoms with van der Waals surface area (Å²) in [4.78, 5) is 55.0. The highest BCUT2D eigenvalue weighted by Crippen LogP contribution is 2.34. The van der Waals surface area contributed by atoms with E-state index in [1.54, 1.807) is 6.92 Å². The first-order chi connectivity index (χ1) is 16.8. The summed E-state index contributed by atoms with van der Waals surface area (Å²) in [5, 5.41) is 3.35. The molecule has 9 nitrogen and oxygen atoms in total. The van der Waals surface area contributed by atoms with Crippen LogP contribution in [0.2, 0.25) is 0 Å². The molecule has 1 N–H and O–H groups in total. The topological polar surface area (TPSA) is 121 Å². The van der Waals surface area contributed by atoms with Gasteiger partial charge in [0.25, 0.3) is 5.91 Å². The Morgan fingerprint density at radius 1 is 0.971 bits per heavy atom. The number of carbonyl (C=O) groups is 4. The van der Waals surface area contributed by atoms with Crippen LogP contribution in [-0.4, -0.2) is 49.6 Å². The monoisotopic (exact) mass is 496 g/mol. The predicted octanol–water partition coefficient (Wildman–Crippen LogP) is 3.85. The molecule has 0 saturated heterocycles. The molecule has 182 valence electrons. The highest BCUT2D eigenvalue weighted by molar-refractivity contribution is 7.18. The maximum atomic E-state index is 13.1. The Morgan fingerprint density at radius 3 is 2.43 bits per heavy atom. The Morgan fingerprint density at radius 2 is 1.69 bits per heavy atom. The lowest BCUT2D eigenvalue weighted by Crippen LogP contribution is -2.23. The smallest absolute Gasteiger partial charge is 0.348 e. The lowest BCUT2D eigenvalue weighted by atomic mass is 9.90. The van der Waals surface area contributed by atoms with E-state index in [1.165, 1.54) is 14.2 Å². The van der Waals surface area contributed by atoms with Crippen LogP contribution in [0.15, 0.2) is 24.3 Å². The van der Waals surface area contributed by atoms with Crippen molar-refractivity contribution in [2.75, 3.05) is 26.1 Å². The van der Waals surface area contributed by atoms with E-state index in [2.05, 4.69) is 5.32 Å². The van der Waals surface area contributed by atoms with Crippen molar-refractivity contribution in [1.82, 2.24) is 4.98 Å². The number of methoxy groups -OCH3 is 2. The van der Waals surface area contributed by atoms with Crippen molar-refractivity contribution in [3.63, 3.8) is 0 Å². The number of fused-ring (bicyclic) bond motifs is 2. The molecule has 0 unspecified atom stereocenters. The van der Waals surface area contributed by atoms with Gasteiger partial charge in [0, 0.05) is 11.1 Å². The maximum absolute atomic E-state index is 13.1. The average Bonchev–Trinajstić information content (AvgIpc) is 3.20. The SMILES string of the molecule is COC(=O)c1sc(NC(=O)COC(=O)c2c3c(nc4ccccc24)CCCC3)c(C(=O)OC)c1C. The quantitative estimate of drug-likeness (QED) is 0.404. The Kier molecular flexibility index (Phi) is 7.11. The van der Waals surface area contributed by atoms with Crippen molar-refractivity contribution in [2.45, 2.75) is 32.6 Å². The molecule has 35 heavy (non-hydrogen) atoms. The molecule has 0 atom stereocenters. The molecule has 0 bridgehead atoms. The van der Waals surface area contributed by atoms with Crippen molar-refractivity contribution in [3.8, 4) is 0 Å². The molecular formula is C25H24N2O7S. The molecule has 4 rings (SSSR count). The van der Waals surface area contributed by atoms with Gasteiger partial charge in [0.05, 0.1) is 30.9 Å². The molecule has 1 aromatic carbocycles. The second-order valence-corrected chi connectivity index (χ2v) is 9.02. The van der Waals surface area contributed by atoms with E-state index in [1.807, 2.05) is 24.3 Å². The highest BCUT2D eigenvalue weighted by atomic mass is 32.1. The first-order valence-electron chi connectivity index (χ1n) is 11.0. The largest absolute Gasteiger partial charge is 0.465 e. The summed E-state index contributed by atoms with van der Waals surface area (Å²) >= 11 is 0.886. The fourth-order valence-corrected chi connectivity index (χ4v) is 5.34. The van der Waals surface area contributed by atoms with E-state index >= 15 is 0 Å². The number of amides is 1. The fraction of sp³-hybridized carbons (Fsp3) is 0.320. The summed E-state index contributed by atoms with van der Waals surface area (Å²) in [5.74, 6) is -2.62. The second kappa shape index (κ2) is 10.2. The Hall–Kier alpha value is -3.79. The number of aromatic nitrogens is 1. The van der Waals surface area contributed by atoms with Crippen molar-refractivity contribution < 1.29 is 33.4 Å². The van der Waals surface area contributed by atoms with E-state index in [0.29, 0.717) is 22.0 Å². The van der Waals surface area contributed by atoms with Gasteiger partial charge < -0.3 is 19.5 Å². The van der Waals surface area contributed by atoms with Gasteiger partial charge in [0.15, 0.2) is 6.61 Å². The van der Waals surface area contributed by atoms with E-state index in [0.717, 1.165) is 48.3 Å². The zero-order valence-corrected chi connectivity index (χ0v) is 20.4. The van der Waals surface area contributed by atoms with E-state index in [4.69, 9.17) is 19.2 Å². The molecule has 1 aliphatic rings. The summed E-state index contributed by atoms with van der Waals surface area (Å²) < 4.78 is 14.9. The van der Waals surface area contributed by atoms with E-state index in [-0.39, 0.29) is 15.4 Å². The number of hydrogen-bond donors (Lipinski definition) is 1. The number of thiophene rings is 1. The van der Waals surface area contributed by atoms with Gasteiger partial charge in [-0.05, 0) is 49.8 Å². The molecule has 2 heterocycles. The van der Waals surface area contributed by atoms with Crippen molar-refractivity contribution in [3.05, 3.63) is 57.1 Å². The lowest BCUT2D eigenvalue weighted by molar-refractivity contribution is -0.119.